The van der Waals surface area contributed by atoms with Crippen molar-refractivity contribution in [3.05, 3.63) is 42.5 Å². The molecule has 7 heteroatoms. The SMILES string of the molecule is CCOc1ccc(OCC(=O)Nc2ccc3c(c2)OC(C)C(=O)N3CC(C)C)cc1. The molecule has 2 aromatic carbocycles. The van der Waals surface area contributed by atoms with Gasteiger partial charge in [0, 0.05) is 18.3 Å². The smallest absolute Gasteiger partial charge is 0.267 e. The van der Waals surface area contributed by atoms with Gasteiger partial charge in [-0.2, -0.15) is 0 Å². The monoisotopic (exact) mass is 412 g/mol. The highest BCUT2D eigenvalue weighted by atomic mass is 16.5. The van der Waals surface area contributed by atoms with Gasteiger partial charge in [-0.25, -0.2) is 0 Å². The lowest BCUT2D eigenvalue weighted by Crippen LogP contribution is -2.46. The molecule has 30 heavy (non-hydrogen) atoms. The minimum Gasteiger partial charge on any atom is -0.494 e. The van der Waals surface area contributed by atoms with Crippen molar-refractivity contribution in [2.45, 2.75) is 33.8 Å². The van der Waals surface area contributed by atoms with Gasteiger partial charge >= 0.3 is 0 Å². The molecule has 0 spiro atoms. The Morgan fingerprint density at radius 3 is 2.43 bits per heavy atom. The molecule has 1 aliphatic rings. The van der Waals surface area contributed by atoms with E-state index in [0.717, 1.165) is 11.4 Å². The lowest BCUT2D eigenvalue weighted by Gasteiger charge is -2.34. The molecule has 2 aromatic rings. The van der Waals surface area contributed by atoms with Crippen LogP contribution in [0.15, 0.2) is 42.5 Å². The molecule has 0 saturated carbocycles. The van der Waals surface area contributed by atoms with Crippen molar-refractivity contribution < 1.29 is 23.8 Å². The molecule has 1 atom stereocenters. The second kappa shape index (κ2) is 9.52. The van der Waals surface area contributed by atoms with Crippen LogP contribution in [0.2, 0.25) is 0 Å². The summed E-state index contributed by atoms with van der Waals surface area (Å²) in [5.41, 5.74) is 1.30. The zero-order chi connectivity index (χ0) is 21.7. The van der Waals surface area contributed by atoms with Crippen molar-refractivity contribution in [1.82, 2.24) is 0 Å². The van der Waals surface area contributed by atoms with Crippen LogP contribution in [0, 0.1) is 5.92 Å². The van der Waals surface area contributed by atoms with Gasteiger partial charge in [0.2, 0.25) is 0 Å². The Balaban J connectivity index is 1.62. The summed E-state index contributed by atoms with van der Waals surface area (Å²) in [5.74, 6) is 1.89. The number of hydrogen-bond acceptors (Lipinski definition) is 5. The summed E-state index contributed by atoms with van der Waals surface area (Å²) in [6, 6.07) is 12.4. The van der Waals surface area contributed by atoms with Crippen molar-refractivity contribution in [3.63, 3.8) is 0 Å². The maximum Gasteiger partial charge on any atom is 0.267 e. The Hall–Kier alpha value is -3.22. The highest BCUT2D eigenvalue weighted by Crippen LogP contribution is 2.36. The first-order valence-corrected chi connectivity index (χ1v) is 10.1. The average molecular weight is 412 g/mol. The summed E-state index contributed by atoms with van der Waals surface area (Å²) in [7, 11) is 0. The summed E-state index contributed by atoms with van der Waals surface area (Å²) < 4.78 is 16.7. The van der Waals surface area contributed by atoms with Gasteiger partial charge in [0.1, 0.15) is 17.2 Å². The number of carbonyl (C=O) groups is 2. The lowest BCUT2D eigenvalue weighted by molar-refractivity contribution is -0.125. The van der Waals surface area contributed by atoms with Crippen LogP contribution in [0.25, 0.3) is 0 Å². The van der Waals surface area contributed by atoms with Crippen LogP contribution in [-0.4, -0.2) is 37.7 Å². The minimum atomic E-state index is -0.565. The number of hydrogen-bond donors (Lipinski definition) is 1. The van der Waals surface area contributed by atoms with Crippen molar-refractivity contribution in [3.8, 4) is 17.2 Å². The maximum atomic E-state index is 12.5. The highest BCUT2D eigenvalue weighted by Gasteiger charge is 2.32. The van der Waals surface area contributed by atoms with E-state index in [0.29, 0.717) is 36.3 Å². The van der Waals surface area contributed by atoms with Crippen molar-refractivity contribution in [2.24, 2.45) is 5.92 Å². The third-order valence-electron chi connectivity index (χ3n) is 4.50. The van der Waals surface area contributed by atoms with Gasteiger partial charge in [-0.15, -0.1) is 0 Å². The van der Waals surface area contributed by atoms with E-state index in [2.05, 4.69) is 19.2 Å². The van der Waals surface area contributed by atoms with Crippen LogP contribution in [0.1, 0.15) is 27.7 Å². The Labute approximate surface area is 176 Å². The molecule has 7 nitrogen and oxygen atoms in total. The fraction of sp³-hybridized carbons (Fsp3) is 0.391. The molecule has 1 heterocycles. The number of nitrogens with one attached hydrogen (secondary N) is 1. The Morgan fingerprint density at radius 1 is 1.13 bits per heavy atom. The van der Waals surface area contributed by atoms with Crippen LogP contribution in [-0.2, 0) is 9.59 Å². The molecule has 0 saturated heterocycles. The quantitative estimate of drug-likeness (QED) is 0.712. The standard InChI is InChI=1S/C23H28N2O5/c1-5-28-18-7-9-19(10-8-18)29-14-22(26)24-17-6-11-20-21(12-17)30-16(4)23(27)25(20)13-15(2)3/h6-12,15-16H,5,13-14H2,1-4H3,(H,24,26). The highest BCUT2D eigenvalue weighted by molar-refractivity contribution is 6.00. The number of anilines is 2. The van der Waals surface area contributed by atoms with Crippen LogP contribution in [0.5, 0.6) is 17.2 Å². The zero-order valence-corrected chi connectivity index (χ0v) is 17.8. The van der Waals surface area contributed by atoms with Gasteiger partial charge in [-0.05, 0) is 56.2 Å². The number of fused-ring (bicyclic) bond motifs is 1. The van der Waals surface area contributed by atoms with Crippen LogP contribution < -0.4 is 24.4 Å². The zero-order valence-electron chi connectivity index (χ0n) is 17.8. The van der Waals surface area contributed by atoms with E-state index in [-0.39, 0.29) is 18.4 Å². The largest absolute Gasteiger partial charge is 0.494 e. The molecule has 2 amide bonds. The first-order chi connectivity index (χ1) is 14.4. The predicted molar refractivity (Wildman–Crippen MR) is 115 cm³/mol. The van der Waals surface area contributed by atoms with Crippen molar-refractivity contribution in [2.75, 3.05) is 30.0 Å². The van der Waals surface area contributed by atoms with Crippen molar-refractivity contribution in [1.29, 1.82) is 0 Å². The van der Waals surface area contributed by atoms with Gasteiger partial charge in [-0.1, -0.05) is 13.8 Å². The van der Waals surface area contributed by atoms with Gasteiger partial charge < -0.3 is 24.4 Å². The first kappa shape index (κ1) is 21.5. The van der Waals surface area contributed by atoms with E-state index in [4.69, 9.17) is 14.2 Å². The van der Waals surface area contributed by atoms with E-state index in [1.165, 1.54) is 0 Å². The van der Waals surface area contributed by atoms with Gasteiger partial charge in [-0.3, -0.25) is 9.59 Å². The average Bonchev–Trinajstić information content (AvgIpc) is 2.71. The molecule has 0 radical (unpaired) electrons. The summed E-state index contributed by atoms with van der Waals surface area (Å²) in [5, 5.41) is 2.80. The third kappa shape index (κ3) is 5.23. The van der Waals surface area contributed by atoms with Gasteiger partial charge in [0.25, 0.3) is 11.8 Å². The van der Waals surface area contributed by atoms with E-state index in [9.17, 15) is 9.59 Å². The number of ether oxygens (including phenoxy) is 3. The maximum absolute atomic E-state index is 12.5. The van der Waals surface area contributed by atoms with E-state index in [1.807, 2.05) is 6.92 Å². The molecule has 1 N–H and O–H groups in total. The Bertz CT molecular complexity index is 895. The molecule has 3 rings (SSSR count). The van der Waals surface area contributed by atoms with Gasteiger partial charge in [0.05, 0.1) is 12.3 Å². The lowest BCUT2D eigenvalue weighted by atomic mass is 10.1. The summed E-state index contributed by atoms with van der Waals surface area (Å²) in [6.07, 6.45) is -0.565. The van der Waals surface area contributed by atoms with Crippen LogP contribution >= 0.6 is 0 Å². The second-order valence-electron chi connectivity index (χ2n) is 7.53. The van der Waals surface area contributed by atoms with E-state index in [1.54, 1.807) is 54.3 Å². The first-order valence-electron chi connectivity index (χ1n) is 10.1. The van der Waals surface area contributed by atoms with Crippen molar-refractivity contribution >= 4 is 23.2 Å². The third-order valence-corrected chi connectivity index (χ3v) is 4.50. The Kier molecular flexibility index (Phi) is 6.82. The molecular formula is C23H28N2O5. The number of nitrogens with zero attached hydrogens (tertiary/aromatic N) is 1. The molecule has 1 aliphatic heterocycles. The number of amides is 2. The predicted octanol–water partition coefficient (Wildman–Crippen LogP) is 3.87. The van der Waals surface area contributed by atoms with E-state index < -0.39 is 6.10 Å². The molecule has 0 aliphatic carbocycles. The molecule has 0 aromatic heterocycles. The molecular weight excluding hydrogens is 384 g/mol. The topological polar surface area (TPSA) is 77.1 Å². The molecule has 0 fully saturated rings. The van der Waals surface area contributed by atoms with Crippen LogP contribution in [0.4, 0.5) is 11.4 Å². The number of carbonyl (C=O) groups excluding carboxylic acids is 2. The summed E-state index contributed by atoms with van der Waals surface area (Å²) in [6.45, 7) is 8.85. The molecule has 160 valence electrons. The Morgan fingerprint density at radius 2 is 1.80 bits per heavy atom. The second-order valence-corrected chi connectivity index (χ2v) is 7.53. The van der Waals surface area contributed by atoms with E-state index >= 15 is 0 Å². The number of benzene rings is 2. The molecule has 1 unspecified atom stereocenters. The normalized spacial score (nSPS) is 15.4. The fourth-order valence-corrected chi connectivity index (χ4v) is 3.19. The van der Waals surface area contributed by atoms with Gasteiger partial charge in [0.15, 0.2) is 12.7 Å². The fourth-order valence-electron chi connectivity index (χ4n) is 3.19. The number of rotatable bonds is 8. The summed E-state index contributed by atoms with van der Waals surface area (Å²) in [4.78, 5) is 26.5. The minimum absolute atomic E-state index is 0.0586. The summed E-state index contributed by atoms with van der Waals surface area (Å²) >= 11 is 0. The molecule has 0 bridgehead atoms. The van der Waals surface area contributed by atoms with Crippen LogP contribution in [0.3, 0.4) is 0 Å².